The number of rotatable bonds is 7. The Morgan fingerprint density at radius 2 is 1.76 bits per heavy atom. The Morgan fingerprint density at radius 1 is 1.12 bits per heavy atom. The highest BCUT2D eigenvalue weighted by atomic mass is 16.3. The molecular formula is C14H20O3. The number of phenolic OH excluding ortho intramolecular Hbond substituents is 2. The van der Waals surface area contributed by atoms with Crippen LogP contribution in [0, 0.1) is 0 Å². The SMILES string of the molecule is CCCCCCC(C=O)c1cc(O)cc(O)c1. The van der Waals surface area contributed by atoms with Crippen molar-refractivity contribution < 1.29 is 15.0 Å². The third-order valence-electron chi connectivity index (χ3n) is 2.89. The maximum Gasteiger partial charge on any atom is 0.127 e. The molecule has 0 saturated carbocycles. The van der Waals surface area contributed by atoms with Gasteiger partial charge in [0.1, 0.15) is 17.8 Å². The molecule has 94 valence electrons. The van der Waals surface area contributed by atoms with Crippen molar-refractivity contribution in [2.45, 2.75) is 44.9 Å². The van der Waals surface area contributed by atoms with E-state index in [0.29, 0.717) is 5.56 Å². The van der Waals surface area contributed by atoms with Crippen LogP contribution >= 0.6 is 0 Å². The van der Waals surface area contributed by atoms with Gasteiger partial charge in [-0.25, -0.2) is 0 Å². The zero-order valence-electron chi connectivity index (χ0n) is 10.2. The van der Waals surface area contributed by atoms with Crippen LogP contribution in [0.25, 0.3) is 0 Å². The zero-order chi connectivity index (χ0) is 12.7. The van der Waals surface area contributed by atoms with E-state index in [0.717, 1.165) is 25.5 Å². The van der Waals surface area contributed by atoms with Crippen molar-refractivity contribution >= 4 is 6.29 Å². The van der Waals surface area contributed by atoms with Gasteiger partial charge >= 0.3 is 0 Å². The fourth-order valence-corrected chi connectivity index (χ4v) is 1.94. The summed E-state index contributed by atoms with van der Waals surface area (Å²) in [4.78, 5) is 11.0. The molecule has 1 unspecified atom stereocenters. The maximum atomic E-state index is 11.0. The highest BCUT2D eigenvalue weighted by Gasteiger charge is 2.12. The summed E-state index contributed by atoms with van der Waals surface area (Å²) in [6.07, 6.45) is 6.11. The second-order valence-corrected chi connectivity index (χ2v) is 4.37. The Bertz CT molecular complexity index is 340. The molecule has 1 aromatic rings. The van der Waals surface area contributed by atoms with Gasteiger partial charge in [0, 0.05) is 12.0 Å². The molecule has 0 spiro atoms. The standard InChI is InChI=1S/C14H20O3/c1-2-3-4-5-6-11(10-15)12-7-13(16)9-14(17)8-12/h7-11,16-17H,2-6H2,1H3. The van der Waals surface area contributed by atoms with E-state index in [1.807, 2.05) is 0 Å². The van der Waals surface area contributed by atoms with Gasteiger partial charge in [0.15, 0.2) is 0 Å². The van der Waals surface area contributed by atoms with Crippen molar-refractivity contribution in [2.24, 2.45) is 0 Å². The van der Waals surface area contributed by atoms with Gasteiger partial charge in [-0.05, 0) is 24.1 Å². The van der Waals surface area contributed by atoms with Gasteiger partial charge in [-0.2, -0.15) is 0 Å². The molecule has 0 aliphatic rings. The number of hydrogen-bond acceptors (Lipinski definition) is 3. The molecule has 17 heavy (non-hydrogen) atoms. The van der Waals surface area contributed by atoms with E-state index in [-0.39, 0.29) is 17.4 Å². The number of unbranched alkanes of at least 4 members (excludes halogenated alkanes) is 3. The lowest BCUT2D eigenvalue weighted by atomic mass is 9.94. The van der Waals surface area contributed by atoms with Gasteiger partial charge in [0.05, 0.1) is 0 Å². The molecule has 1 aromatic carbocycles. The smallest absolute Gasteiger partial charge is 0.127 e. The normalized spacial score (nSPS) is 12.3. The second-order valence-electron chi connectivity index (χ2n) is 4.37. The van der Waals surface area contributed by atoms with Crippen LogP contribution in [-0.2, 0) is 4.79 Å². The molecule has 0 aliphatic carbocycles. The number of phenols is 2. The van der Waals surface area contributed by atoms with Crippen LogP contribution in [-0.4, -0.2) is 16.5 Å². The first kappa shape index (κ1) is 13.6. The van der Waals surface area contributed by atoms with Crippen molar-refractivity contribution in [3.63, 3.8) is 0 Å². The molecule has 1 rings (SSSR count). The van der Waals surface area contributed by atoms with Gasteiger partial charge in [-0.3, -0.25) is 0 Å². The fraction of sp³-hybridized carbons (Fsp3) is 0.500. The Hall–Kier alpha value is -1.51. The molecule has 0 bridgehead atoms. The van der Waals surface area contributed by atoms with E-state index >= 15 is 0 Å². The molecule has 2 N–H and O–H groups in total. The quantitative estimate of drug-likeness (QED) is 0.564. The first-order valence-corrected chi connectivity index (χ1v) is 6.15. The van der Waals surface area contributed by atoms with E-state index in [2.05, 4.69) is 6.92 Å². The monoisotopic (exact) mass is 236 g/mol. The lowest BCUT2D eigenvalue weighted by Crippen LogP contribution is -2.00. The largest absolute Gasteiger partial charge is 0.508 e. The van der Waals surface area contributed by atoms with Gasteiger partial charge in [-0.15, -0.1) is 0 Å². The number of hydrogen-bond donors (Lipinski definition) is 2. The minimum absolute atomic E-state index is 0.000378. The third kappa shape index (κ3) is 4.47. The van der Waals surface area contributed by atoms with E-state index in [9.17, 15) is 15.0 Å². The number of aldehydes is 1. The minimum Gasteiger partial charge on any atom is -0.508 e. The van der Waals surface area contributed by atoms with E-state index < -0.39 is 0 Å². The third-order valence-corrected chi connectivity index (χ3v) is 2.89. The molecule has 0 aromatic heterocycles. The highest BCUT2D eigenvalue weighted by Crippen LogP contribution is 2.28. The predicted octanol–water partition coefficient (Wildman–Crippen LogP) is 3.35. The van der Waals surface area contributed by atoms with E-state index in [1.165, 1.54) is 18.9 Å². The summed E-state index contributed by atoms with van der Waals surface area (Å²) < 4.78 is 0. The van der Waals surface area contributed by atoms with Gasteiger partial charge in [0.2, 0.25) is 0 Å². The van der Waals surface area contributed by atoms with Gasteiger partial charge < -0.3 is 15.0 Å². The molecule has 1 atom stereocenters. The van der Waals surface area contributed by atoms with E-state index in [1.54, 1.807) is 12.1 Å². The molecule has 0 radical (unpaired) electrons. The zero-order valence-corrected chi connectivity index (χ0v) is 10.2. The first-order valence-electron chi connectivity index (χ1n) is 6.15. The van der Waals surface area contributed by atoms with Crippen molar-refractivity contribution in [1.29, 1.82) is 0 Å². The molecule has 0 saturated heterocycles. The minimum atomic E-state index is -0.232. The molecule has 0 heterocycles. The molecule has 3 nitrogen and oxygen atoms in total. The summed E-state index contributed by atoms with van der Waals surface area (Å²) in [7, 11) is 0. The number of benzene rings is 1. The molecule has 0 fully saturated rings. The van der Waals surface area contributed by atoms with Gasteiger partial charge in [0.25, 0.3) is 0 Å². The van der Waals surface area contributed by atoms with E-state index in [4.69, 9.17) is 0 Å². The van der Waals surface area contributed by atoms with Crippen LogP contribution in [0.15, 0.2) is 18.2 Å². The van der Waals surface area contributed by atoms with Crippen LogP contribution in [0.2, 0.25) is 0 Å². The van der Waals surface area contributed by atoms with Crippen LogP contribution in [0.4, 0.5) is 0 Å². The van der Waals surface area contributed by atoms with Gasteiger partial charge in [-0.1, -0.05) is 32.6 Å². The number of carbonyl (C=O) groups excluding carboxylic acids is 1. The van der Waals surface area contributed by atoms with Crippen molar-refractivity contribution in [2.75, 3.05) is 0 Å². The Labute approximate surface area is 102 Å². The molecule has 3 heteroatoms. The van der Waals surface area contributed by atoms with Crippen LogP contribution in [0.1, 0.15) is 50.5 Å². The summed E-state index contributed by atoms with van der Waals surface area (Å²) in [6, 6.07) is 4.35. The maximum absolute atomic E-state index is 11.0. The Morgan fingerprint density at radius 3 is 2.29 bits per heavy atom. The summed E-state index contributed by atoms with van der Waals surface area (Å²) >= 11 is 0. The van der Waals surface area contributed by atoms with Crippen molar-refractivity contribution in [3.05, 3.63) is 23.8 Å². The first-order chi connectivity index (χ1) is 8.17. The lowest BCUT2D eigenvalue weighted by molar-refractivity contribution is -0.109. The summed E-state index contributed by atoms with van der Waals surface area (Å²) in [5.74, 6) is -0.231. The Balaban J connectivity index is 2.62. The van der Waals surface area contributed by atoms with Crippen molar-refractivity contribution in [1.82, 2.24) is 0 Å². The van der Waals surface area contributed by atoms with Crippen LogP contribution in [0.5, 0.6) is 11.5 Å². The summed E-state index contributed by atoms with van der Waals surface area (Å²) in [5.41, 5.74) is 0.689. The molecule has 0 aliphatic heterocycles. The van der Waals surface area contributed by atoms with Crippen LogP contribution < -0.4 is 0 Å². The highest BCUT2D eigenvalue weighted by molar-refractivity contribution is 5.63. The Kier molecular flexibility index (Phi) is 5.53. The average Bonchev–Trinajstić information content (AvgIpc) is 2.28. The number of aromatic hydroxyl groups is 2. The summed E-state index contributed by atoms with van der Waals surface area (Å²) in [5, 5.41) is 18.7. The number of carbonyl (C=O) groups is 1. The van der Waals surface area contributed by atoms with Crippen molar-refractivity contribution in [3.8, 4) is 11.5 Å². The predicted molar refractivity (Wildman–Crippen MR) is 67.3 cm³/mol. The van der Waals surface area contributed by atoms with Crippen LogP contribution in [0.3, 0.4) is 0 Å². The molecular weight excluding hydrogens is 216 g/mol. The fourth-order valence-electron chi connectivity index (χ4n) is 1.94. The topological polar surface area (TPSA) is 57.5 Å². The average molecular weight is 236 g/mol. The molecule has 0 amide bonds. The lowest BCUT2D eigenvalue weighted by Gasteiger charge is -2.11. The summed E-state index contributed by atoms with van der Waals surface area (Å²) in [6.45, 7) is 2.14. The second kappa shape index (κ2) is 6.94.